The van der Waals surface area contributed by atoms with E-state index in [2.05, 4.69) is 26.0 Å². The summed E-state index contributed by atoms with van der Waals surface area (Å²) in [5, 5.41) is 23.6. The topological polar surface area (TPSA) is 112 Å². The van der Waals surface area contributed by atoms with Crippen LogP contribution in [0.1, 0.15) is 49.7 Å². The van der Waals surface area contributed by atoms with Gasteiger partial charge in [-0.1, -0.05) is 6.42 Å². The van der Waals surface area contributed by atoms with Gasteiger partial charge < -0.3 is 19.5 Å². The van der Waals surface area contributed by atoms with E-state index < -0.39 is 5.82 Å². The average Bonchev–Trinajstić information content (AvgIpc) is 3.46. The van der Waals surface area contributed by atoms with E-state index in [1.807, 2.05) is 30.6 Å². The Hall–Kier alpha value is -4.27. The second-order valence-corrected chi connectivity index (χ2v) is 12.4. The monoisotopic (exact) mass is 597 g/mol. The van der Waals surface area contributed by atoms with E-state index in [1.165, 1.54) is 19.6 Å². The molecule has 4 aliphatic rings. The maximum Gasteiger partial charge on any atom is 0.250 e. The van der Waals surface area contributed by atoms with Crippen LogP contribution < -0.4 is 14.4 Å². The van der Waals surface area contributed by atoms with Gasteiger partial charge in [0.05, 0.1) is 37.2 Å². The van der Waals surface area contributed by atoms with Crippen LogP contribution in [0.4, 0.5) is 10.2 Å². The molecule has 8 rings (SSSR count). The van der Waals surface area contributed by atoms with E-state index in [0.29, 0.717) is 36.5 Å². The van der Waals surface area contributed by atoms with Gasteiger partial charge in [0.15, 0.2) is 5.82 Å². The van der Waals surface area contributed by atoms with Crippen molar-refractivity contribution < 1.29 is 19.0 Å². The first-order chi connectivity index (χ1) is 21.5. The van der Waals surface area contributed by atoms with E-state index in [1.54, 1.807) is 16.9 Å². The van der Waals surface area contributed by atoms with Gasteiger partial charge in [-0.3, -0.25) is 4.90 Å². The highest BCUT2D eigenvalue weighted by molar-refractivity contribution is 5.85. The lowest BCUT2D eigenvalue weighted by molar-refractivity contribution is -0.00884. The van der Waals surface area contributed by atoms with Crippen LogP contribution in [0.15, 0.2) is 49.1 Å². The number of piperazine rings is 1. The summed E-state index contributed by atoms with van der Waals surface area (Å²) in [6.07, 6.45) is 13.2. The van der Waals surface area contributed by atoms with Crippen LogP contribution in [0.2, 0.25) is 0 Å². The van der Waals surface area contributed by atoms with Crippen LogP contribution in [-0.2, 0) is 6.54 Å². The van der Waals surface area contributed by atoms with Gasteiger partial charge in [-0.15, -0.1) is 0 Å². The normalized spacial score (nSPS) is 20.5. The predicted molar refractivity (Wildman–Crippen MR) is 162 cm³/mol. The Labute approximate surface area is 255 Å². The van der Waals surface area contributed by atoms with E-state index in [-0.39, 0.29) is 17.9 Å². The molecule has 0 spiro atoms. The van der Waals surface area contributed by atoms with Gasteiger partial charge >= 0.3 is 0 Å². The number of piperidine rings is 1. The SMILES string of the molecule is COc1ncc(CN2C3CC2CN(c2ccc(-c4cc(OCC5(CCCO)CCC5)cn5ncc(C#N)c45)cn2)C3)cc1F. The molecular weight excluding hydrogens is 561 g/mol. The summed E-state index contributed by atoms with van der Waals surface area (Å²) in [6, 6.07) is 10.6. The molecule has 3 aliphatic heterocycles. The van der Waals surface area contributed by atoms with Crippen molar-refractivity contribution in [2.24, 2.45) is 5.41 Å². The Kier molecular flexibility index (Phi) is 7.56. The number of methoxy groups -OCH3 is 1. The molecule has 1 aliphatic carbocycles. The van der Waals surface area contributed by atoms with Crippen molar-refractivity contribution in [2.45, 2.75) is 57.2 Å². The number of nitriles is 1. The summed E-state index contributed by atoms with van der Waals surface area (Å²) >= 11 is 0. The lowest BCUT2D eigenvalue weighted by Crippen LogP contribution is -2.68. The molecular formula is C33H36FN7O3. The number of anilines is 1. The number of halogens is 1. The fourth-order valence-corrected chi connectivity index (χ4v) is 7.09. The van der Waals surface area contributed by atoms with Gasteiger partial charge in [-0.05, 0) is 61.9 Å². The van der Waals surface area contributed by atoms with Gasteiger partial charge in [0.25, 0.3) is 0 Å². The zero-order chi connectivity index (χ0) is 30.3. The van der Waals surface area contributed by atoms with E-state index in [0.717, 1.165) is 73.2 Å². The minimum atomic E-state index is -0.436. The average molecular weight is 598 g/mol. The molecule has 2 bridgehead atoms. The largest absolute Gasteiger partial charge is 0.491 e. The number of hydrogen-bond acceptors (Lipinski definition) is 9. The lowest BCUT2D eigenvalue weighted by Gasteiger charge is -2.56. The molecule has 11 heteroatoms. The van der Waals surface area contributed by atoms with Gasteiger partial charge in [0.2, 0.25) is 5.88 Å². The first-order valence-corrected chi connectivity index (χ1v) is 15.3. The molecule has 1 N–H and O–H groups in total. The number of aliphatic hydroxyl groups is 1. The fourth-order valence-electron chi connectivity index (χ4n) is 7.09. The molecule has 3 saturated heterocycles. The van der Waals surface area contributed by atoms with Crippen LogP contribution >= 0.6 is 0 Å². The molecule has 7 heterocycles. The van der Waals surface area contributed by atoms with Crippen LogP contribution in [0.3, 0.4) is 0 Å². The number of pyridine rings is 3. The van der Waals surface area contributed by atoms with Crippen molar-refractivity contribution >= 4 is 11.3 Å². The molecule has 0 radical (unpaired) electrons. The van der Waals surface area contributed by atoms with Crippen molar-refractivity contribution in [3.8, 4) is 28.8 Å². The van der Waals surface area contributed by atoms with Gasteiger partial charge in [-0.2, -0.15) is 10.4 Å². The summed E-state index contributed by atoms with van der Waals surface area (Å²) < 4.78 is 27.2. The minimum Gasteiger partial charge on any atom is -0.491 e. The second-order valence-electron chi connectivity index (χ2n) is 12.4. The Balaban J connectivity index is 1.07. The van der Waals surface area contributed by atoms with Crippen molar-refractivity contribution in [3.05, 3.63) is 66.0 Å². The smallest absolute Gasteiger partial charge is 0.250 e. The van der Waals surface area contributed by atoms with E-state index >= 15 is 0 Å². The molecule has 4 aromatic rings. The molecule has 10 nitrogen and oxygen atoms in total. The summed E-state index contributed by atoms with van der Waals surface area (Å²) in [4.78, 5) is 13.7. The number of rotatable bonds is 11. The molecule has 2 unspecified atom stereocenters. The van der Waals surface area contributed by atoms with Crippen molar-refractivity contribution in [1.29, 1.82) is 5.26 Å². The van der Waals surface area contributed by atoms with Gasteiger partial charge in [0.1, 0.15) is 17.6 Å². The summed E-state index contributed by atoms with van der Waals surface area (Å²) in [5.41, 5.74) is 3.93. The first kappa shape index (κ1) is 28.5. The van der Waals surface area contributed by atoms with Crippen molar-refractivity contribution in [2.75, 3.05) is 38.3 Å². The fraction of sp³-hybridized carbons (Fsp3) is 0.455. The van der Waals surface area contributed by atoms with E-state index in [4.69, 9.17) is 14.5 Å². The molecule has 44 heavy (non-hydrogen) atoms. The number of aliphatic hydroxyl groups excluding tert-OH is 1. The van der Waals surface area contributed by atoms with Crippen LogP contribution in [-0.4, -0.2) is 75.1 Å². The van der Waals surface area contributed by atoms with Crippen LogP contribution in [0.25, 0.3) is 16.6 Å². The Morgan fingerprint density at radius 3 is 2.64 bits per heavy atom. The molecule has 0 amide bonds. The second kappa shape index (κ2) is 11.7. The Morgan fingerprint density at radius 2 is 1.98 bits per heavy atom. The number of nitrogens with zero attached hydrogens (tertiary/aromatic N) is 7. The zero-order valence-corrected chi connectivity index (χ0v) is 24.8. The number of aromatic nitrogens is 4. The molecule has 2 atom stereocenters. The highest BCUT2D eigenvalue weighted by atomic mass is 19.1. The highest BCUT2D eigenvalue weighted by Gasteiger charge is 2.44. The number of hydrogen-bond donors (Lipinski definition) is 1. The van der Waals surface area contributed by atoms with Crippen LogP contribution in [0.5, 0.6) is 11.6 Å². The summed E-state index contributed by atoms with van der Waals surface area (Å²) in [5.74, 6) is 1.19. The maximum absolute atomic E-state index is 14.2. The number of ether oxygens (including phenoxy) is 2. The van der Waals surface area contributed by atoms with Crippen molar-refractivity contribution in [1.82, 2.24) is 24.5 Å². The minimum absolute atomic E-state index is 0.0200. The Bertz CT molecular complexity index is 1690. The highest BCUT2D eigenvalue weighted by Crippen LogP contribution is 2.45. The maximum atomic E-state index is 14.2. The third-order valence-corrected chi connectivity index (χ3v) is 9.68. The molecule has 0 aromatic carbocycles. The summed E-state index contributed by atoms with van der Waals surface area (Å²) in [6.45, 7) is 3.15. The lowest BCUT2D eigenvalue weighted by atomic mass is 9.67. The van der Waals surface area contributed by atoms with Crippen LogP contribution in [0, 0.1) is 22.6 Å². The van der Waals surface area contributed by atoms with E-state index in [9.17, 15) is 14.8 Å². The molecule has 4 aromatic heterocycles. The third-order valence-electron chi connectivity index (χ3n) is 9.68. The van der Waals surface area contributed by atoms with Crippen molar-refractivity contribution in [3.63, 3.8) is 0 Å². The van der Waals surface area contributed by atoms with Gasteiger partial charge in [-0.25, -0.2) is 18.9 Å². The Morgan fingerprint density at radius 1 is 1.14 bits per heavy atom. The number of fused-ring (bicyclic) bond motifs is 3. The molecule has 1 saturated carbocycles. The third kappa shape index (κ3) is 5.22. The quantitative estimate of drug-likeness (QED) is 0.265. The summed E-state index contributed by atoms with van der Waals surface area (Å²) in [7, 11) is 1.42. The first-order valence-electron chi connectivity index (χ1n) is 15.3. The standard InChI is InChI=1S/C33H36FN7O3/c1-43-32-29(34)10-22(14-37-32)17-40-25-11-26(40)19-39(18-25)30-5-4-23(15-36-30)28-12-27(20-41-31(28)24(13-35)16-38-41)44-21-33(6-2-7-33)8-3-9-42/h4-5,10,12,14-16,20,25-26,42H,2-3,6-9,11,17-19,21H2,1H3. The molecule has 4 fully saturated rings. The zero-order valence-electron chi connectivity index (χ0n) is 24.8. The molecule has 228 valence electrons. The van der Waals surface area contributed by atoms with Gasteiger partial charge in [0, 0.05) is 67.3 Å². The predicted octanol–water partition coefficient (Wildman–Crippen LogP) is 4.60.